The predicted octanol–water partition coefficient (Wildman–Crippen LogP) is 8.57. The van der Waals surface area contributed by atoms with E-state index < -0.39 is 15.8 Å². The summed E-state index contributed by atoms with van der Waals surface area (Å²) in [5.41, 5.74) is 2.33. The van der Waals surface area contributed by atoms with Crippen LogP contribution >= 0.6 is 39.0 Å². The van der Waals surface area contributed by atoms with Crippen LogP contribution in [0.15, 0.2) is 133 Å². The molecule has 0 amide bonds. The van der Waals surface area contributed by atoms with Gasteiger partial charge in [-0.15, -0.1) is 0 Å². The quantitative estimate of drug-likeness (QED) is 0.181. The SMILES string of the molecule is Cc1c(C(P(c2ccccc2)c2ccccc2)P(c2ccccc2)c2ccccc2)ccc(Cl)c1Cl. The van der Waals surface area contributed by atoms with Crippen LogP contribution in [0.4, 0.5) is 0 Å². The molecule has 0 aromatic heterocycles. The van der Waals surface area contributed by atoms with Crippen molar-refractivity contribution in [2.45, 2.75) is 12.3 Å². The molecule has 5 aromatic carbocycles. The second-order valence-corrected chi connectivity index (χ2v) is 14.3. The Morgan fingerprint density at radius 3 is 1.14 bits per heavy atom. The van der Waals surface area contributed by atoms with E-state index in [0.29, 0.717) is 10.0 Å². The highest BCUT2D eigenvalue weighted by Gasteiger charge is 2.36. The third-order valence-corrected chi connectivity index (χ3v) is 13.5. The summed E-state index contributed by atoms with van der Waals surface area (Å²) in [5.74, 6) is 0. The van der Waals surface area contributed by atoms with Crippen LogP contribution in [0.1, 0.15) is 16.5 Å². The minimum absolute atomic E-state index is 0.194. The van der Waals surface area contributed by atoms with E-state index in [-0.39, 0.29) is 5.40 Å². The van der Waals surface area contributed by atoms with E-state index in [2.05, 4.69) is 134 Å². The molecule has 0 aliphatic rings. The second-order valence-electron chi connectivity index (χ2n) is 8.53. The standard InChI is InChI=1S/C32H26Cl2P2/c1-24-29(22-23-30(33)31(24)34)32(35(25-14-6-2-7-15-25)26-16-8-3-9-17-26)36(27-18-10-4-11-19-27)28-20-12-5-13-21-28/h2-23,32H,1H3. The monoisotopic (exact) mass is 542 g/mol. The van der Waals surface area contributed by atoms with Crippen molar-refractivity contribution < 1.29 is 0 Å². The molecule has 0 nitrogen and oxygen atoms in total. The molecule has 0 fully saturated rings. The molecule has 0 bridgehead atoms. The normalized spacial score (nSPS) is 11.4. The van der Waals surface area contributed by atoms with Crippen LogP contribution in [0.2, 0.25) is 10.0 Å². The fourth-order valence-corrected chi connectivity index (χ4v) is 12.3. The maximum absolute atomic E-state index is 6.80. The summed E-state index contributed by atoms with van der Waals surface area (Å²) < 4.78 is 0. The van der Waals surface area contributed by atoms with Gasteiger partial charge in [0.05, 0.1) is 10.0 Å². The molecule has 36 heavy (non-hydrogen) atoms. The van der Waals surface area contributed by atoms with Crippen LogP contribution in [0.25, 0.3) is 0 Å². The third kappa shape index (κ3) is 5.29. The van der Waals surface area contributed by atoms with E-state index in [1.165, 1.54) is 26.8 Å². The van der Waals surface area contributed by atoms with Gasteiger partial charge in [0.1, 0.15) is 0 Å². The number of halogens is 2. The van der Waals surface area contributed by atoms with Gasteiger partial charge in [-0.2, -0.15) is 0 Å². The molecule has 178 valence electrons. The van der Waals surface area contributed by atoms with Crippen LogP contribution in [0, 0.1) is 6.92 Å². The zero-order valence-electron chi connectivity index (χ0n) is 19.9. The van der Waals surface area contributed by atoms with Crippen LogP contribution < -0.4 is 21.2 Å². The van der Waals surface area contributed by atoms with Gasteiger partial charge in [0.25, 0.3) is 0 Å². The fourth-order valence-electron chi connectivity index (χ4n) is 4.56. The Hall–Kier alpha value is -2.46. The second kappa shape index (κ2) is 11.7. The minimum atomic E-state index is -0.788. The first kappa shape index (κ1) is 25.2. The lowest BCUT2D eigenvalue weighted by Crippen LogP contribution is -2.23. The van der Waals surface area contributed by atoms with Gasteiger partial charge in [0, 0.05) is 5.40 Å². The molecule has 4 heteroatoms. The highest BCUT2D eigenvalue weighted by molar-refractivity contribution is 7.89. The van der Waals surface area contributed by atoms with Gasteiger partial charge in [0.15, 0.2) is 0 Å². The van der Waals surface area contributed by atoms with Gasteiger partial charge in [-0.1, -0.05) is 151 Å². The summed E-state index contributed by atoms with van der Waals surface area (Å²) >= 11 is 13.3. The average Bonchev–Trinajstić information content (AvgIpc) is 2.94. The van der Waals surface area contributed by atoms with Crippen molar-refractivity contribution in [3.05, 3.63) is 155 Å². The van der Waals surface area contributed by atoms with Crippen molar-refractivity contribution in [2.24, 2.45) is 0 Å². The summed E-state index contributed by atoms with van der Waals surface area (Å²) in [7, 11) is -1.58. The van der Waals surface area contributed by atoms with Crippen molar-refractivity contribution in [2.75, 3.05) is 0 Å². The summed E-state index contributed by atoms with van der Waals surface area (Å²) in [6.45, 7) is 2.11. The third-order valence-electron chi connectivity index (χ3n) is 6.29. The van der Waals surface area contributed by atoms with Gasteiger partial charge in [-0.05, 0) is 61.2 Å². The van der Waals surface area contributed by atoms with Crippen LogP contribution in [0.5, 0.6) is 0 Å². The Kier molecular flexibility index (Phi) is 8.21. The number of rotatable bonds is 7. The van der Waals surface area contributed by atoms with Gasteiger partial charge in [0.2, 0.25) is 0 Å². The van der Waals surface area contributed by atoms with Crippen molar-refractivity contribution in [3.63, 3.8) is 0 Å². The van der Waals surface area contributed by atoms with Gasteiger partial charge < -0.3 is 0 Å². The van der Waals surface area contributed by atoms with Gasteiger partial charge in [-0.25, -0.2) is 0 Å². The molecule has 0 heterocycles. The lowest BCUT2D eigenvalue weighted by Gasteiger charge is -2.37. The number of hydrogen-bond donors (Lipinski definition) is 0. The molecule has 0 spiro atoms. The molecule has 0 atom stereocenters. The zero-order valence-corrected chi connectivity index (χ0v) is 23.2. The first-order valence-electron chi connectivity index (χ1n) is 11.9. The van der Waals surface area contributed by atoms with E-state index >= 15 is 0 Å². The van der Waals surface area contributed by atoms with Crippen molar-refractivity contribution in [3.8, 4) is 0 Å². The zero-order chi connectivity index (χ0) is 24.9. The molecule has 0 aliphatic heterocycles. The van der Waals surface area contributed by atoms with Crippen LogP contribution in [0.3, 0.4) is 0 Å². The summed E-state index contributed by atoms with van der Waals surface area (Å²) in [4.78, 5) is 0. The molecule has 0 N–H and O–H groups in total. The number of hydrogen-bond acceptors (Lipinski definition) is 0. The van der Waals surface area contributed by atoms with E-state index in [4.69, 9.17) is 23.2 Å². The molecule has 0 saturated carbocycles. The maximum atomic E-state index is 6.80. The van der Waals surface area contributed by atoms with Gasteiger partial charge in [-0.3, -0.25) is 0 Å². The fraction of sp³-hybridized carbons (Fsp3) is 0.0625. The molecule has 0 radical (unpaired) electrons. The molecular weight excluding hydrogens is 517 g/mol. The van der Waals surface area contributed by atoms with E-state index in [9.17, 15) is 0 Å². The Bertz CT molecular complexity index is 1250. The first-order chi connectivity index (χ1) is 17.6. The Labute approximate surface area is 226 Å². The minimum Gasteiger partial charge on any atom is -0.0827 e. The maximum Gasteiger partial charge on any atom is 0.0624 e. The number of benzene rings is 5. The van der Waals surface area contributed by atoms with Crippen LogP contribution in [-0.2, 0) is 0 Å². The van der Waals surface area contributed by atoms with Crippen LogP contribution in [-0.4, -0.2) is 0 Å². The molecule has 5 rings (SSSR count). The highest BCUT2D eigenvalue weighted by Crippen LogP contribution is 2.66. The summed E-state index contributed by atoms with van der Waals surface area (Å²) in [6, 6.07) is 48.0. The Balaban J connectivity index is 1.85. The lowest BCUT2D eigenvalue weighted by molar-refractivity contribution is 1.27. The van der Waals surface area contributed by atoms with E-state index in [0.717, 1.165) is 5.56 Å². The summed E-state index contributed by atoms with van der Waals surface area (Å²) in [5, 5.41) is 6.86. The Morgan fingerprint density at radius 2 is 0.806 bits per heavy atom. The summed E-state index contributed by atoms with van der Waals surface area (Å²) in [6.07, 6.45) is 0. The molecular formula is C32H26Cl2P2. The lowest BCUT2D eigenvalue weighted by atomic mass is 10.1. The molecule has 0 saturated heterocycles. The Morgan fingerprint density at radius 1 is 0.472 bits per heavy atom. The molecule has 0 aliphatic carbocycles. The van der Waals surface area contributed by atoms with Crippen molar-refractivity contribution in [1.82, 2.24) is 0 Å². The van der Waals surface area contributed by atoms with E-state index in [1.807, 2.05) is 6.07 Å². The predicted molar refractivity (Wildman–Crippen MR) is 162 cm³/mol. The highest BCUT2D eigenvalue weighted by atomic mass is 35.5. The van der Waals surface area contributed by atoms with Gasteiger partial charge >= 0.3 is 0 Å². The van der Waals surface area contributed by atoms with E-state index in [1.54, 1.807) is 0 Å². The molecule has 5 aromatic rings. The average molecular weight is 543 g/mol. The molecule has 0 unspecified atom stereocenters. The van der Waals surface area contributed by atoms with Crippen molar-refractivity contribution in [1.29, 1.82) is 0 Å². The van der Waals surface area contributed by atoms with Crippen molar-refractivity contribution >= 4 is 60.3 Å². The topological polar surface area (TPSA) is 0 Å². The smallest absolute Gasteiger partial charge is 0.0624 e. The first-order valence-corrected chi connectivity index (χ1v) is 15.5. The largest absolute Gasteiger partial charge is 0.0827 e.